The normalized spacial score (nSPS) is 13.1. The molecule has 1 N–H and O–H groups in total. The quantitative estimate of drug-likeness (QED) is 0.751. The zero-order chi connectivity index (χ0) is 11.3. The highest BCUT2D eigenvalue weighted by Crippen LogP contribution is 2.16. The van der Waals surface area contributed by atoms with E-state index in [4.69, 9.17) is 0 Å². The van der Waals surface area contributed by atoms with Crippen molar-refractivity contribution in [1.29, 1.82) is 0 Å². The predicted octanol–water partition coefficient (Wildman–Crippen LogP) is 1.60. The van der Waals surface area contributed by atoms with Gasteiger partial charge in [-0.2, -0.15) is 0 Å². The first-order valence-corrected chi connectivity index (χ1v) is 6.39. The van der Waals surface area contributed by atoms with E-state index in [0.29, 0.717) is 6.04 Å². The molecular weight excluding hydrogens is 208 g/mol. The molecule has 4 nitrogen and oxygen atoms in total. The summed E-state index contributed by atoms with van der Waals surface area (Å²) in [7, 11) is 2.01. The number of aromatic nitrogens is 3. The van der Waals surface area contributed by atoms with Gasteiger partial charge in [-0.15, -0.1) is 10.2 Å². The van der Waals surface area contributed by atoms with E-state index in [9.17, 15) is 0 Å². The number of nitrogens with zero attached hydrogens (tertiary/aromatic N) is 3. The first-order chi connectivity index (χ1) is 7.19. The van der Waals surface area contributed by atoms with Crippen molar-refractivity contribution < 1.29 is 0 Å². The van der Waals surface area contributed by atoms with E-state index in [0.717, 1.165) is 29.7 Å². The van der Waals surface area contributed by atoms with Crippen LogP contribution < -0.4 is 5.32 Å². The highest BCUT2D eigenvalue weighted by Gasteiger charge is 2.09. The molecule has 0 saturated heterocycles. The first-order valence-electron chi connectivity index (χ1n) is 5.41. The van der Waals surface area contributed by atoms with Crippen molar-refractivity contribution in [3.8, 4) is 0 Å². The maximum absolute atomic E-state index is 4.13. The minimum absolute atomic E-state index is 0.567. The summed E-state index contributed by atoms with van der Waals surface area (Å²) >= 11 is 1.77. The number of thioether (sulfide) groups is 1. The van der Waals surface area contributed by atoms with Crippen LogP contribution in [0, 0.1) is 6.92 Å². The molecule has 1 aromatic heterocycles. The number of aryl methyl sites for hydroxylation is 1. The Balaban J connectivity index is 2.45. The van der Waals surface area contributed by atoms with E-state index >= 15 is 0 Å². The summed E-state index contributed by atoms with van der Waals surface area (Å²) in [6.45, 7) is 7.34. The van der Waals surface area contributed by atoms with Crippen molar-refractivity contribution in [2.45, 2.75) is 38.4 Å². The molecule has 15 heavy (non-hydrogen) atoms. The second-order valence-corrected chi connectivity index (χ2v) is 4.55. The standard InChI is InChI=1S/C10H20N4S/c1-5-9(11-6-2)7-15-10-13-12-8(3)14(10)4/h9,11H,5-7H2,1-4H3. The van der Waals surface area contributed by atoms with Crippen molar-refractivity contribution >= 4 is 11.8 Å². The molecule has 0 bridgehead atoms. The number of rotatable bonds is 6. The molecule has 0 radical (unpaired) electrons. The number of hydrogen-bond acceptors (Lipinski definition) is 4. The smallest absolute Gasteiger partial charge is 0.190 e. The zero-order valence-electron chi connectivity index (χ0n) is 9.95. The van der Waals surface area contributed by atoms with E-state index in [-0.39, 0.29) is 0 Å². The second kappa shape index (κ2) is 6.12. The van der Waals surface area contributed by atoms with Gasteiger partial charge in [-0.05, 0) is 19.9 Å². The molecule has 0 aromatic carbocycles. The number of hydrogen-bond donors (Lipinski definition) is 1. The van der Waals surface area contributed by atoms with E-state index in [1.165, 1.54) is 0 Å². The fourth-order valence-electron chi connectivity index (χ4n) is 1.30. The molecule has 0 spiro atoms. The van der Waals surface area contributed by atoms with E-state index in [1.807, 2.05) is 18.5 Å². The van der Waals surface area contributed by atoms with Gasteiger partial charge in [0.05, 0.1) is 0 Å². The molecule has 1 atom stereocenters. The maximum Gasteiger partial charge on any atom is 0.190 e. The molecule has 1 rings (SSSR count). The van der Waals surface area contributed by atoms with Crippen LogP contribution in [-0.2, 0) is 7.05 Å². The molecule has 1 heterocycles. The Morgan fingerprint density at radius 3 is 2.60 bits per heavy atom. The van der Waals surface area contributed by atoms with Crippen molar-refractivity contribution in [3.63, 3.8) is 0 Å². The summed E-state index contributed by atoms with van der Waals surface area (Å²) in [5.74, 6) is 2.02. The van der Waals surface area contributed by atoms with Crippen LogP contribution in [0.15, 0.2) is 5.16 Å². The Morgan fingerprint density at radius 2 is 2.13 bits per heavy atom. The van der Waals surface area contributed by atoms with Crippen molar-refractivity contribution in [2.75, 3.05) is 12.3 Å². The van der Waals surface area contributed by atoms with Gasteiger partial charge in [-0.1, -0.05) is 25.6 Å². The monoisotopic (exact) mass is 228 g/mol. The van der Waals surface area contributed by atoms with Gasteiger partial charge in [-0.25, -0.2) is 0 Å². The fraction of sp³-hybridized carbons (Fsp3) is 0.800. The topological polar surface area (TPSA) is 42.7 Å². The predicted molar refractivity (Wildman–Crippen MR) is 64.2 cm³/mol. The lowest BCUT2D eigenvalue weighted by atomic mass is 10.2. The van der Waals surface area contributed by atoms with E-state index in [1.54, 1.807) is 11.8 Å². The van der Waals surface area contributed by atoms with Crippen LogP contribution in [0.1, 0.15) is 26.1 Å². The molecule has 0 aliphatic carbocycles. The van der Waals surface area contributed by atoms with Crippen LogP contribution in [0.2, 0.25) is 0 Å². The van der Waals surface area contributed by atoms with Gasteiger partial charge < -0.3 is 9.88 Å². The van der Waals surface area contributed by atoms with Gasteiger partial charge in [0.1, 0.15) is 5.82 Å². The minimum Gasteiger partial charge on any atom is -0.313 e. The van der Waals surface area contributed by atoms with Crippen LogP contribution in [0.25, 0.3) is 0 Å². The van der Waals surface area contributed by atoms with Crippen molar-refractivity contribution in [2.24, 2.45) is 7.05 Å². The average Bonchev–Trinajstić information content (AvgIpc) is 2.55. The van der Waals surface area contributed by atoms with Crippen molar-refractivity contribution in [3.05, 3.63) is 5.82 Å². The third-order valence-electron chi connectivity index (χ3n) is 2.45. The van der Waals surface area contributed by atoms with Gasteiger partial charge in [0, 0.05) is 18.8 Å². The van der Waals surface area contributed by atoms with Gasteiger partial charge in [0.25, 0.3) is 0 Å². The third-order valence-corrected chi connectivity index (χ3v) is 3.63. The van der Waals surface area contributed by atoms with Gasteiger partial charge >= 0.3 is 0 Å². The summed E-state index contributed by atoms with van der Waals surface area (Å²) in [5, 5.41) is 12.6. The molecule has 1 aromatic rings. The van der Waals surface area contributed by atoms with Crippen LogP contribution >= 0.6 is 11.8 Å². The van der Waals surface area contributed by atoms with Crippen LogP contribution in [0.3, 0.4) is 0 Å². The Kier molecular flexibility index (Phi) is 5.11. The molecule has 5 heteroatoms. The average molecular weight is 228 g/mol. The molecule has 0 aliphatic heterocycles. The lowest BCUT2D eigenvalue weighted by Gasteiger charge is -2.14. The Bertz CT molecular complexity index is 298. The molecule has 0 saturated carbocycles. The highest BCUT2D eigenvalue weighted by molar-refractivity contribution is 7.99. The Hall–Kier alpha value is -0.550. The lowest BCUT2D eigenvalue weighted by Crippen LogP contribution is -2.30. The van der Waals surface area contributed by atoms with Gasteiger partial charge in [-0.3, -0.25) is 0 Å². The van der Waals surface area contributed by atoms with Gasteiger partial charge in [0.2, 0.25) is 0 Å². The summed E-state index contributed by atoms with van der Waals surface area (Å²) in [6, 6.07) is 0.567. The molecule has 1 unspecified atom stereocenters. The molecule has 86 valence electrons. The maximum atomic E-state index is 4.13. The molecule has 0 fully saturated rings. The van der Waals surface area contributed by atoms with E-state index in [2.05, 4.69) is 29.4 Å². The molecular formula is C10H20N4S. The van der Waals surface area contributed by atoms with E-state index < -0.39 is 0 Å². The summed E-state index contributed by atoms with van der Waals surface area (Å²) in [4.78, 5) is 0. The fourth-order valence-corrected chi connectivity index (χ4v) is 2.43. The van der Waals surface area contributed by atoms with Crippen LogP contribution in [0.4, 0.5) is 0 Å². The first kappa shape index (κ1) is 12.5. The van der Waals surface area contributed by atoms with Crippen molar-refractivity contribution in [1.82, 2.24) is 20.1 Å². The van der Waals surface area contributed by atoms with Crippen LogP contribution in [-0.4, -0.2) is 33.1 Å². The van der Waals surface area contributed by atoms with Gasteiger partial charge in [0.15, 0.2) is 5.16 Å². The summed E-state index contributed by atoms with van der Waals surface area (Å²) < 4.78 is 2.03. The largest absolute Gasteiger partial charge is 0.313 e. The summed E-state index contributed by atoms with van der Waals surface area (Å²) in [5.41, 5.74) is 0. The Morgan fingerprint density at radius 1 is 1.40 bits per heavy atom. The highest BCUT2D eigenvalue weighted by atomic mass is 32.2. The van der Waals surface area contributed by atoms with Crippen LogP contribution in [0.5, 0.6) is 0 Å². The Labute approximate surface area is 95.9 Å². The SMILES string of the molecule is CCNC(CC)CSc1nnc(C)n1C. The summed E-state index contributed by atoms with van der Waals surface area (Å²) in [6.07, 6.45) is 1.15. The zero-order valence-corrected chi connectivity index (χ0v) is 10.8. The third kappa shape index (κ3) is 3.50. The second-order valence-electron chi connectivity index (χ2n) is 3.56. The lowest BCUT2D eigenvalue weighted by molar-refractivity contribution is 0.559. The molecule has 0 amide bonds. The minimum atomic E-state index is 0.567. The molecule has 0 aliphatic rings. The number of nitrogens with one attached hydrogen (secondary N) is 1.